The third kappa shape index (κ3) is 2.55. The topological polar surface area (TPSA) is 88.2 Å². The summed E-state index contributed by atoms with van der Waals surface area (Å²) in [6.45, 7) is 2.10. The van der Waals surface area contributed by atoms with Crippen molar-refractivity contribution < 1.29 is 9.90 Å². The van der Waals surface area contributed by atoms with E-state index >= 15 is 0 Å². The number of rotatable bonds is 4. The number of nitrogen functional groups attached to an aromatic ring is 1. The SMILES string of the molecule is CC(Nc1nccc(C(=O)O)c1N)C1CCCC1. The minimum absolute atomic E-state index is 0.103. The Morgan fingerprint density at radius 2 is 2.22 bits per heavy atom. The van der Waals surface area contributed by atoms with Crippen LogP contribution < -0.4 is 11.1 Å². The Balaban J connectivity index is 2.13. The molecular weight excluding hydrogens is 230 g/mol. The van der Waals surface area contributed by atoms with Crippen LogP contribution in [-0.2, 0) is 0 Å². The van der Waals surface area contributed by atoms with E-state index in [1.54, 1.807) is 0 Å². The van der Waals surface area contributed by atoms with Crippen molar-refractivity contribution >= 4 is 17.5 Å². The lowest BCUT2D eigenvalue weighted by Crippen LogP contribution is -2.25. The van der Waals surface area contributed by atoms with Gasteiger partial charge in [-0.25, -0.2) is 9.78 Å². The van der Waals surface area contributed by atoms with Crippen molar-refractivity contribution in [3.8, 4) is 0 Å². The molecule has 0 spiro atoms. The number of aromatic nitrogens is 1. The van der Waals surface area contributed by atoms with Crippen molar-refractivity contribution in [1.82, 2.24) is 4.98 Å². The molecule has 1 unspecified atom stereocenters. The largest absolute Gasteiger partial charge is 0.478 e. The predicted molar refractivity (Wildman–Crippen MR) is 70.7 cm³/mol. The lowest BCUT2D eigenvalue weighted by atomic mass is 10.00. The molecule has 5 heteroatoms. The molecule has 0 aliphatic heterocycles. The second-order valence-electron chi connectivity index (χ2n) is 4.90. The Bertz CT molecular complexity index is 442. The minimum Gasteiger partial charge on any atom is -0.478 e. The Morgan fingerprint density at radius 1 is 1.56 bits per heavy atom. The molecule has 18 heavy (non-hydrogen) atoms. The van der Waals surface area contributed by atoms with Gasteiger partial charge < -0.3 is 16.2 Å². The average molecular weight is 249 g/mol. The maximum absolute atomic E-state index is 11.0. The van der Waals surface area contributed by atoms with Gasteiger partial charge in [0.05, 0.1) is 11.3 Å². The summed E-state index contributed by atoms with van der Waals surface area (Å²) < 4.78 is 0. The van der Waals surface area contributed by atoms with Crippen LogP contribution >= 0.6 is 0 Å². The van der Waals surface area contributed by atoms with E-state index in [9.17, 15) is 4.79 Å². The number of pyridine rings is 1. The van der Waals surface area contributed by atoms with Crippen molar-refractivity contribution in [2.24, 2.45) is 5.92 Å². The van der Waals surface area contributed by atoms with E-state index in [2.05, 4.69) is 17.2 Å². The number of aromatic carboxylic acids is 1. The summed E-state index contributed by atoms with van der Waals surface area (Å²) in [7, 11) is 0. The minimum atomic E-state index is -1.02. The highest BCUT2D eigenvalue weighted by atomic mass is 16.4. The van der Waals surface area contributed by atoms with Gasteiger partial charge in [0.25, 0.3) is 0 Å². The monoisotopic (exact) mass is 249 g/mol. The van der Waals surface area contributed by atoms with Crippen LogP contribution in [0.25, 0.3) is 0 Å². The first-order chi connectivity index (χ1) is 8.59. The number of hydrogen-bond acceptors (Lipinski definition) is 4. The molecule has 1 atom stereocenters. The highest BCUT2D eigenvalue weighted by Crippen LogP contribution is 2.30. The van der Waals surface area contributed by atoms with Crippen molar-refractivity contribution in [3.05, 3.63) is 17.8 Å². The lowest BCUT2D eigenvalue weighted by Gasteiger charge is -2.22. The van der Waals surface area contributed by atoms with Crippen molar-refractivity contribution in [1.29, 1.82) is 0 Å². The van der Waals surface area contributed by atoms with Gasteiger partial charge in [-0.05, 0) is 31.7 Å². The van der Waals surface area contributed by atoms with Gasteiger partial charge in [-0.1, -0.05) is 12.8 Å². The summed E-state index contributed by atoms with van der Waals surface area (Å²) in [5.41, 5.74) is 6.15. The fourth-order valence-corrected chi connectivity index (χ4v) is 2.57. The quantitative estimate of drug-likeness (QED) is 0.762. The second-order valence-corrected chi connectivity index (χ2v) is 4.90. The molecule has 1 fully saturated rings. The number of anilines is 2. The van der Waals surface area contributed by atoms with E-state index in [4.69, 9.17) is 10.8 Å². The number of hydrogen-bond donors (Lipinski definition) is 3. The van der Waals surface area contributed by atoms with E-state index in [0.29, 0.717) is 11.7 Å². The van der Waals surface area contributed by atoms with Gasteiger partial charge in [0.2, 0.25) is 0 Å². The molecule has 0 bridgehead atoms. The van der Waals surface area contributed by atoms with E-state index in [1.165, 1.54) is 37.9 Å². The lowest BCUT2D eigenvalue weighted by molar-refractivity contribution is 0.0698. The molecule has 1 heterocycles. The molecule has 1 aromatic rings. The van der Waals surface area contributed by atoms with Crippen LogP contribution in [0.15, 0.2) is 12.3 Å². The smallest absolute Gasteiger partial charge is 0.337 e. The Hall–Kier alpha value is -1.78. The molecule has 1 aliphatic carbocycles. The number of nitrogens with zero attached hydrogens (tertiary/aromatic N) is 1. The van der Waals surface area contributed by atoms with Gasteiger partial charge in [0.1, 0.15) is 5.82 Å². The molecule has 0 radical (unpaired) electrons. The van der Waals surface area contributed by atoms with E-state index in [1.807, 2.05) is 0 Å². The van der Waals surface area contributed by atoms with Gasteiger partial charge in [-0.2, -0.15) is 0 Å². The van der Waals surface area contributed by atoms with Crippen molar-refractivity contribution in [3.63, 3.8) is 0 Å². The molecule has 1 aromatic heterocycles. The number of carboxylic acid groups (broad SMARTS) is 1. The Labute approximate surface area is 106 Å². The molecule has 98 valence electrons. The third-order valence-electron chi connectivity index (χ3n) is 3.69. The number of nitrogens with one attached hydrogen (secondary N) is 1. The molecule has 0 aromatic carbocycles. The molecule has 5 nitrogen and oxygen atoms in total. The molecule has 0 amide bonds. The second kappa shape index (κ2) is 5.25. The summed E-state index contributed by atoms with van der Waals surface area (Å²) >= 11 is 0. The van der Waals surface area contributed by atoms with E-state index in [0.717, 1.165) is 0 Å². The first kappa shape index (κ1) is 12.7. The maximum atomic E-state index is 11.0. The summed E-state index contributed by atoms with van der Waals surface area (Å²) in [5, 5.41) is 12.2. The molecule has 1 saturated carbocycles. The summed E-state index contributed by atoms with van der Waals surface area (Å²) in [6, 6.07) is 1.69. The standard InChI is InChI=1S/C13H19N3O2/c1-8(9-4-2-3-5-9)16-12-11(14)10(13(17)18)6-7-15-12/h6-9H,2-5,14H2,1H3,(H,15,16)(H,17,18). The fraction of sp³-hybridized carbons (Fsp3) is 0.538. The van der Waals surface area contributed by atoms with Crippen LogP contribution in [0.1, 0.15) is 43.0 Å². The summed E-state index contributed by atoms with van der Waals surface area (Å²) in [4.78, 5) is 15.1. The third-order valence-corrected chi connectivity index (χ3v) is 3.69. The van der Waals surface area contributed by atoms with Crippen LogP contribution in [0.2, 0.25) is 0 Å². The number of nitrogens with two attached hydrogens (primary N) is 1. The van der Waals surface area contributed by atoms with E-state index in [-0.39, 0.29) is 17.3 Å². The molecule has 0 saturated heterocycles. The molecule has 2 rings (SSSR count). The van der Waals surface area contributed by atoms with Crippen LogP contribution in [0.3, 0.4) is 0 Å². The van der Waals surface area contributed by atoms with Crippen LogP contribution in [0.4, 0.5) is 11.5 Å². The van der Waals surface area contributed by atoms with Gasteiger partial charge in [-0.3, -0.25) is 0 Å². The average Bonchev–Trinajstić information content (AvgIpc) is 2.85. The van der Waals surface area contributed by atoms with Gasteiger partial charge in [0.15, 0.2) is 0 Å². The van der Waals surface area contributed by atoms with Gasteiger partial charge in [-0.15, -0.1) is 0 Å². The van der Waals surface area contributed by atoms with Crippen LogP contribution in [0.5, 0.6) is 0 Å². The number of carbonyl (C=O) groups is 1. The zero-order valence-corrected chi connectivity index (χ0v) is 10.5. The van der Waals surface area contributed by atoms with Crippen LogP contribution in [0, 0.1) is 5.92 Å². The van der Waals surface area contributed by atoms with E-state index < -0.39 is 5.97 Å². The van der Waals surface area contributed by atoms with Crippen molar-refractivity contribution in [2.45, 2.75) is 38.6 Å². The maximum Gasteiger partial charge on any atom is 0.337 e. The highest BCUT2D eigenvalue weighted by molar-refractivity contribution is 5.96. The van der Waals surface area contributed by atoms with Crippen molar-refractivity contribution in [2.75, 3.05) is 11.1 Å². The summed E-state index contributed by atoms with van der Waals surface area (Å²) in [5.74, 6) is 0.0838. The fourth-order valence-electron chi connectivity index (χ4n) is 2.57. The Morgan fingerprint density at radius 3 is 2.83 bits per heavy atom. The molecular formula is C13H19N3O2. The Kier molecular flexibility index (Phi) is 3.69. The zero-order valence-electron chi connectivity index (χ0n) is 10.5. The first-order valence-corrected chi connectivity index (χ1v) is 6.34. The first-order valence-electron chi connectivity index (χ1n) is 6.34. The van der Waals surface area contributed by atoms with Crippen LogP contribution in [-0.4, -0.2) is 22.1 Å². The van der Waals surface area contributed by atoms with Gasteiger partial charge >= 0.3 is 5.97 Å². The van der Waals surface area contributed by atoms with Gasteiger partial charge in [0, 0.05) is 12.2 Å². The highest BCUT2D eigenvalue weighted by Gasteiger charge is 2.22. The summed E-state index contributed by atoms with van der Waals surface area (Å²) in [6.07, 6.45) is 6.45. The zero-order chi connectivity index (χ0) is 13.1. The molecule has 4 N–H and O–H groups in total. The normalized spacial score (nSPS) is 17.6. The number of carboxylic acids is 1. The predicted octanol–water partition coefficient (Wildman–Crippen LogP) is 2.35. The molecule has 1 aliphatic rings.